The number of rotatable bonds is 13. The lowest BCUT2D eigenvalue weighted by Gasteiger charge is -2.44. The zero-order valence-electron chi connectivity index (χ0n) is 25.9. The van der Waals surface area contributed by atoms with E-state index in [9.17, 15) is 19.2 Å². The van der Waals surface area contributed by atoms with E-state index in [0.717, 1.165) is 46.9 Å². The molecule has 2 heterocycles. The quantitative estimate of drug-likeness (QED) is 0.148. The minimum absolute atomic E-state index is 0.312. The standard InChI is InChI=1S/C32H38N2O10S/c1-6-7-16-39-26-15-11-8-12-23(26)17-34-25-14-10-9-13-24(25)33-32(34)45-31-30(43-22(5)38)29(42-21(4)37)28(41-20(3)36)27(44-31)18-40-19(2)35/h8-15,27-31H,6-7,16-18H2,1-5H3. The summed E-state index contributed by atoms with van der Waals surface area (Å²) in [6.45, 7) is 7.59. The third kappa shape index (κ3) is 8.98. The molecule has 0 N–H and O–H groups in total. The van der Waals surface area contributed by atoms with Gasteiger partial charge in [0.25, 0.3) is 0 Å². The number of benzene rings is 2. The number of hydrogen-bond acceptors (Lipinski definition) is 12. The molecular weight excluding hydrogens is 604 g/mol. The van der Waals surface area contributed by atoms with E-state index in [1.807, 2.05) is 53.1 Å². The second-order valence-corrected chi connectivity index (χ2v) is 11.5. The van der Waals surface area contributed by atoms with Gasteiger partial charge in [0.15, 0.2) is 28.9 Å². The van der Waals surface area contributed by atoms with Crippen LogP contribution in [0.25, 0.3) is 11.0 Å². The Labute approximate surface area is 265 Å². The second-order valence-electron chi connectivity index (χ2n) is 10.5. The number of hydrogen-bond donors (Lipinski definition) is 0. The lowest BCUT2D eigenvalue weighted by atomic mass is 9.99. The smallest absolute Gasteiger partial charge is 0.303 e. The largest absolute Gasteiger partial charge is 0.493 e. The number of aromatic nitrogens is 2. The first-order valence-corrected chi connectivity index (χ1v) is 15.6. The van der Waals surface area contributed by atoms with Gasteiger partial charge in [-0.15, -0.1) is 0 Å². The third-order valence-corrected chi connectivity index (χ3v) is 7.98. The van der Waals surface area contributed by atoms with E-state index in [4.69, 9.17) is 33.4 Å². The highest BCUT2D eigenvalue weighted by atomic mass is 32.2. The van der Waals surface area contributed by atoms with Gasteiger partial charge >= 0.3 is 23.9 Å². The zero-order valence-corrected chi connectivity index (χ0v) is 26.7. The molecule has 2 aromatic carbocycles. The first kappa shape index (κ1) is 33.8. The molecule has 0 bridgehead atoms. The first-order chi connectivity index (χ1) is 21.6. The Bertz CT molecular complexity index is 1510. The first-order valence-electron chi connectivity index (χ1n) is 14.7. The van der Waals surface area contributed by atoms with E-state index >= 15 is 0 Å². The summed E-state index contributed by atoms with van der Waals surface area (Å²) in [4.78, 5) is 53.2. The van der Waals surface area contributed by atoms with Crippen molar-refractivity contribution >= 4 is 46.7 Å². The van der Waals surface area contributed by atoms with Gasteiger partial charge in [-0.2, -0.15) is 0 Å². The van der Waals surface area contributed by atoms with Crippen molar-refractivity contribution in [3.05, 3.63) is 54.1 Å². The highest BCUT2D eigenvalue weighted by molar-refractivity contribution is 7.99. The molecule has 3 aromatic rings. The molecule has 0 amide bonds. The highest BCUT2D eigenvalue weighted by Gasteiger charge is 2.52. The molecular formula is C32H38N2O10S. The van der Waals surface area contributed by atoms with Crippen molar-refractivity contribution < 1.29 is 47.6 Å². The Morgan fingerprint density at radius 2 is 1.49 bits per heavy atom. The predicted octanol–water partition coefficient (Wildman–Crippen LogP) is 4.44. The number of carbonyl (C=O) groups is 4. The Morgan fingerprint density at radius 1 is 0.844 bits per heavy atom. The molecule has 5 atom stereocenters. The van der Waals surface area contributed by atoms with Crippen molar-refractivity contribution in [2.75, 3.05) is 13.2 Å². The molecule has 13 heteroatoms. The van der Waals surface area contributed by atoms with Gasteiger partial charge in [-0.1, -0.05) is 55.4 Å². The number of fused-ring (bicyclic) bond motifs is 1. The van der Waals surface area contributed by atoms with Crippen molar-refractivity contribution in [1.29, 1.82) is 0 Å². The Morgan fingerprint density at radius 3 is 2.18 bits per heavy atom. The molecule has 0 spiro atoms. The fourth-order valence-electron chi connectivity index (χ4n) is 4.96. The van der Waals surface area contributed by atoms with Gasteiger partial charge in [-0.3, -0.25) is 19.2 Å². The molecule has 0 saturated carbocycles. The molecule has 1 aromatic heterocycles. The number of para-hydroxylation sites is 3. The van der Waals surface area contributed by atoms with Gasteiger partial charge in [0, 0.05) is 33.3 Å². The van der Waals surface area contributed by atoms with E-state index in [0.29, 0.717) is 18.3 Å². The molecule has 45 heavy (non-hydrogen) atoms. The van der Waals surface area contributed by atoms with E-state index in [2.05, 4.69) is 6.92 Å². The maximum absolute atomic E-state index is 12.3. The number of carbonyl (C=O) groups excluding carboxylic acids is 4. The van der Waals surface area contributed by atoms with Crippen LogP contribution in [0.5, 0.6) is 5.75 Å². The summed E-state index contributed by atoms with van der Waals surface area (Å²) in [5.41, 5.74) is 1.47. The molecule has 1 aliphatic heterocycles. The fraction of sp³-hybridized carbons (Fsp3) is 0.469. The van der Waals surface area contributed by atoms with Crippen molar-refractivity contribution in [3.8, 4) is 5.75 Å². The second kappa shape index (κ2) is 15.8. The minimum atomic E-state index is -1.27. The monoisotopic (exact) mass is 642 g/mol. The molecule has 5 unspecified atom stereocenters. The maximum Gasteiger partial charge on any atom is 0.303 e. The van der Waals surface area contributed by atoms with Crippen molar-refractivity contribution in [3.63, 3.8) is 0 Å². The summed E-state index contributed by atoms with van der Waals surface area (Å²) in [5, 5.41) is 0.514. The van der Waals surface area contributed by atoms with Crippen LogP contribution in [0, 0.1) is 0 Å². The van der Waals surface area contributed by atoms with Gasteiger partial charge in [-0.25, -0.2) is 4.98 Å². The molecule has 12 nitrogen and oxygen atoms in total. The lowest BCUT2D eigenvalue weighted by molar-refractivity contribution is -0.237. The van der Waals surface area contributed by atoms with Gasteiger partial charge in [0.2, 0.25) is 0 Å². The van der Waals surface area contributed by atoms with Crippen LogP contribution in [-0.2, 0) is 49.4 Å². The average Bonchev–Trinajstić information content (AvgIpc) is 3.32. The Balaban J connectivity index is 1.76. The molecule has 1 saturated heterocycles. The van der Waals surface area contributed by atoms with Crippen molar-refractivity contribution in [1.82, 2.24) is 9.55 Å². The van der Waals surface area contributed by atoms with Gasteiger partial charge in [0.1, 0.15) is 18.5 Å². The van der Waals surface area contributed by atoms with E-state index < -0.39 is 53.7 Å². The van der Waals surface area contributed by atoms with Crippen molar-refractivity contribution in [2.45, 2.75) is 89.0 Å². The van der Waals surface area contributed by atoms with Crippen LogP contribution in [0.15, 0.2) is 53.7 Å². The average molecular weight is 643 g/mol. The number of esters is 4. The van der Waals surface area contributed by atoms with Crippen LogP contribution in [0.1, 0.15) is 53.0 Å². The number of unbranched alkanes of at least 4 members (excludes halogenated alkanes) is 1. The number of ether oxygens (including phenoxy) is 6. The molecule has 0 aliphatic carbocycles. The van der Waals surface area contributed by atoms with Gasteiger partial charge in [0.05, 0.1) is 24.2 Å². The van der Waals surface area contributed by atoms with Gasteiger partial charge < -0.3 is 33.0 Å². The summed E-state index contributed by atoms with van der Waals surface area (Å²) in [6, 6.07) is 15.4. The Hall–Kier alpha value is -4.10. The SMILES string of the molecule is CCCCOc1ccccc1Cn1c(SC2OC(COC(C)=O)C(OC(C)=O)C(OC(C)=O)C2OC(C)=O)nc2ccccc21. The van der Waals surface area contributed by atoms with Crippen LogP contribution < -0.4 is 4.74 Å². The van der Waals surface area contributed by atoms with E-state index in [1.54, 1.807) is 0 Å². The molecule has 242 valence electrons. The highest BCUT2D eigenvalue weighted by Crippen LogP contribution is 2.39. The van der Waals surface area contributed by atoms with Crippen LogP contribution in [0.2, 0.25) is 0 Å². The number of imidazole rings is 1. The van der Waals surface area contributed by atoms with Crippen LogP contribution in [0.3, 0.4) is 0 Å². The molecule has 0 radical (unpaired) electrons. The van der Waals surface area contributed by atoms with Crippen LogP contribution >= 0.6 is 11.8 Å². The Kier molecular flexibility index (Phi) is 11.8. The molecule has 1 fully saturated rings. The number of thioether (sulfide) groups is 1. The van der Waals surface area contributed by atoms with Crippen LogP contribution in [-0.4, -0.2) is 76.5 Å². The van der Waals surface area contributed by atoms with Gasteiger partial charge in [-0.05, 0) is 24.6 Å². The lowest BCUT2D eigenvalue weighted by Crippen LogP contribution is -2.61. The van der Waals surface area contributed by atoms with Crippen molar-refractivity contribution in [2.24, 2.45) is 0 Å². The predicted molar refractivity (Wildman–Crippen MR) is 163 cm³/mol. The molecule has 1 aliphatic rings. The van der Waals surface area contributed by atoms with E-state index in [-0.39, 0.29) is 6.61 Å². The van der Waals surface area contributed by atoms with Crippen LogP contribution in [0.4, 0.5) is 0 Å². The normalized spacial score (nSPS) is 21.1. The summed E-state index contributed by atoms with van der Waals surface area (Å²) in [6.07, 6.45) is -2.85. The molecule has 4 rings (SSSR count). The van der Waals surface area contributed by atoms with E-state index in [1.165, 1.54) is 27.7 Å². The summed E-state index contributed by atoms with van der Waals surface area (Å²) >= 11 is 1.14. The minimum Gasteiger partial charge on any atom is -0.493 e. The fourth-order valence-corrected chi connectivity index (χ4v) is 6.15. The summed E-state index contributed by atoms with van der Waals surface area (Å²) in [7, 11) is 0. The topological polar surface area (TPSA) is 141 Å². The summed E-state index contributed by atoms with van der Waals surface area (Å²) < 4.78 is 36.4. The maximum atomic E-state index is 12.3. The third-order valence-electron chi connectivity index (χ3n) is 6.85. The zero-order chi connectivity index (χ0) is 32.5. The number of nitrogens with zero attached hydrogens (tertiary/aromatic N) is 2. The summed E-state index contributed by atoms with van der Waals surface area (Å²) in [5.74, 6) is -1.89.